The van der Waals surface area contributed by atoms with Crippen LogP contribution in [0.4, 0.5) is 0 Å². The van der Waals surface area contributed by atoms with Crippen LogP contribution in [0, 0.1) is 142 Å². The zero-order valence-electron chi connectivity index (χ0n) is 61.3. The Morgan fingerprint density at radius 3 is 0.750 bits per heavy atom. The molecule has 0 amide bonds. The van der Waals surface area contributed by atoms with Crippen molar-refractivity contribution >= 4 is 0 Å². The number of nitrogens with zero attached hydrogens (tertiary/aromatic N) is 2. The summed E-state index contributed by atoms with van der Waals surface area (Å²) in [7, 11) is 0. The van der Waals surface area contributed by atoms with E-state index in [0.29, 0.717) is 0 Å². The van der Waals surface area contributed by atoms with E-state index in [0.717, 1.165) is 202 Å². The lowest BCUT2D eigenvalue weighted by atomic mass is 9.60. The molecule has 0 aromatic carbocycles. The molecule has 19 fully saturated rings. The van der Waals surface area contributed by atoms with Crippen LogP contribution in [-0.2, 0) is 0 Å². The Hall–Kier alpha value is -0.400. The van der Waals surface area contributed by atoms with Gasteiger partial charge in [-0.05, 0) is 452 Å². The van der Waals surface area contributed by atoms with E-state index in [-0.39, 0.29) is 0 Å². The van der Waals surface area contributed by atoms with Crippen LogP contribution < -0.4 is 42.5 Å². The summed E-state index contributed by atoms with van der Waals surface area (Å²) >= 11 is 0. The molecule has 9 saturated carbocycles. The van der Waals surface area contributed by atoms with E-state index >= 15 is 0 Å². The highest BCUT2D eigenvalue weighted by Crippen LogP contribution is 2.64. The Morgan fingerprint density at radius 1 is 0.188 bits per heavy atom. The minimum absolute atomic E-state index is 0.793. The fraction of sp³-hybridized carbons (Fsp3) is 1.00. The van der Waals surface area contributed by atoms with Crippen LogP contribution in [0.3, 0.4) is 0 Å². The van der Waals surface area contributed by atoms with Crippen LogP contribution in [0.2, 0.25) is 0 Å². The molecule has 8 N–H and O–H groups in total. The second kappa shape index (κ2) is 29.5. The topological polar surface area (TPSA) is 103 Å². The predicted octanol–water partition coefficient (Wildman–Crippen LogP) is 13.6. The van der Waals surface area contributed by atoms with Crippen molar-refractivity contribution < 1.29 is 0 Å². The predicted molar refractivity (Wildman–Crippen MR) is 393 cm³/mol. The third-order valence-electron chi connectivity index (χ3n) is 36.4. The maximum Gasteiger partial charge on any atom is 0.0150 e. The van der Waals surface area contributed by atoms with Crippen LogP contribution in [0.15, 0.2) is 0 Å². The Bertz CT molecular complexity index is 2200. The summed E-state index contributed by atoms with van der Waals surface area (Å²) in [6, 6.07) is 8.45. The number of rotatable bonds is 10. The van der Waals surface area contributed by atoms with E-state index in [2.05, 4.69) is 52.3 Å². The normalized spacial score (nSPS) is 54.4. The quantitative estimate of drug-likeness (QED) is 0.108. The monoisotopic (exact) mass is 1320 g/mol. The summed E-state index contributed by atoms with van der Waals surface area (Å²) in [5, 5.41) is 32.7. The molecule has 10 heterocycles. The van der Waals surface area contributed by atoms with Crippen LogP contribution >= 0.6 is 0 Å². The third-order valence-corrected chi connectivity index (χ3v) is 36.4. The highest BCUT2D eigenvalue weighted by Gasteiger charge is 2.65. The smallest absolute Gasteiger partial charge is 0.0150 e. The average Bonchev–Trinajstić information content (AvgIpc) is 1.54. The van der Waals surface area contributed by atoms with Gasteiger partial charge in [0.25, 0.3) is 0 Å². The number of likely N-dealkylation sites (tertiary alicyclic amines) is 2. The summed E-state index contributed by atoms with van der Waals surface area (Å²) < 4.78 is 0. The summed E-state index contributed by atoms with van der Waals surface area (Å²) in [4.78, 5) is 7.21. The lowest BCUT2D eigenvalue weighted by molar-refractivity contribution is -0.0275. The molecule has 10 heteroatoms. The maximum absolute atomic E-state index is 4.15. The second-order valence-electron chi connectivity index (χ2n) is 40.1. The van der Waals surface area contributed by atoms with Crippen LogP contribution in [0.5, 0.6) is 0 Å². The number of hydrogen-bond donors (Lipinski definition) is 8. The fourth-order valence-corrected chi connectivity index (χ4v) is 32.5. The molecule has 96 heavy (non-hydrogen) atoms. The third kappa shape index (κ3) is 12.8. The highest BCUT2D eigenvalue weighted by atomic mass is 15.3. The van der Waals surface area contributed by atoms with Gasteiger partial charge in [-0.1, -0.05) is 25.7 Å². The Balaban J connectivity index is 0.585. The standard InChI is InChI=1S/C86H146N10/c1-3-15-77-71(13-1)81-79(95(77)69-41-65(53-17-25-57(26-18-53)73-49-87-45-61-9-5-35-91-83(61)73)39-66(42-69)54-19-27-58(28-20-54)74-50-88-46-62-10-6-36-92-84(62)74)33-34-80-82(81)72-14-2-4-16-78(72)96(80)70-43-67(55-21-29-59(30-22-55)75-51-89-47-63-11-7-37-93-85(63)75)40-68(44-70)56-23-31-60(32-24-56)76-52-90-48-64-12-8-38-94-86(64)76/h53-94H,1-52H2. The summed E-state index contributed by atoms with van der Waals surface area (Å²) in [5.74, 6) is 22.6. The van der Waals surface area contributed by atoms with Crippen LogP contribution in [-0.4, -0.2) is 149 Å². The summed E-state index contributed by atoms with van der Waals surface area (Å²) in [6.07, 6.45) is 61.1. The van der Waals surface area contributed by atoms with Gasteiger partial charge in [-0.3, -0.25) is 9.80 Å². The van der Waals surface area contributed by atoms with E-state index in [1.807, 2.05) is 0 Å². The first-order chi connectivity index (χ1) is 47.6. The van der Waals surface area contributed by atoms with E-state index in [4.69, 9.17) is 0 Å². The molecule has 10 aliphatic heterocycles. The van der Waals surface area contributed by atoms with Crippen LogP contribution in [0.25, 0.3) is 0 Å². The zero-order valence-corrected chi connectivity index (χ0v) is 61.3. The molecule has 0 aromatic heterocycles. The number of piperidine rings is 8. The Morgan fingerprint density at radius 2 is 0.458 bits per heavy atom. The van der Waals surface area contributed by atoms with Gasteiger partial charge in [0.2, 0.25) is 0 Å². The van der Waals surface area contributed by atoms with Gasteiger partial charge in [0.05, 0.1) is 0 Å². The van der Waals surface area contributed by atoms with Crippen molar-refractivity contribution in [3.05, 3.63) is 0 Å². The molecule has 24 unspecified atom stereocenters. The molecule has 10 saturated heterocycles. The van der Waals surface area contributed by atoms with Gasteiger partial charge in [-0.25, -0.2) is 0 Å². The van der Waals surface area contributed by atoms with Gasteiger partial charge in [0.1, 0.15) is 0 Å². The van der Waals surface area contributed by atoms with E-state index < -0.39 is 0 Å². The average molecular weight is 1320 g/mol. The van der Waals surface area contributed by atoms with Gasteiger partial charge in [0.15, 0.2) is 0 Å². The van der Waals surface area contributed by atoms with Crippen molar-refractivity contribution in [1.29, 1.82) is 0 Å². The Kier molecular flexibility index (Phi) is 20.4. The largest absolute Gasteiger partial charge is 0.316 e. The molecule has 0 bridgehead atoms. The molecule has 19 rings (SSSR count). The van der Waals surface area contributed by atoms with Crippen LogP contribution in [0.1, 0.15) is 257 Å². The van der Waals surface area contributed by atoms with E-state index in [1.54, 1.807) is 128 Å². The second-order valence-corrected chi connectivity index (χ2v) is 40.1. The SMILES string of the molecule is C1CNC2C(C1)CNCC2C1CCC(C2CC(C3CCC(C4CNCC5CCCNC54)CC3)CC(N3C4CCCCC4C4C5C6CCCCC6N(C6CC(C7CCC(C8CNCC9CCCNC98)CC7)CC(C7CCC(C8CNCC9CCCNC98)CC7)C6)C5CCC43)C2)CC1. The first-order valence-electron chi connectivity index (χ1n) is 44.9. The lowest BCUT2D eigenvalue weighted by Crippen LogP contribution is -2.58. The van der Waals surface area contributed by atoms with Crippen molar-refractivity contribution in [3.63, 3.8) is 0 Å². The first-order valence-corrected chi connectivity index (χ1v) is 44.9. The molecule has 0 aromatic rings. The van der Waals surface area contributed by atoms with Gasteiger partial charge in [-0.2, -0.15) is 0 Å². The summed E-state index contributed by atoms with van der Waals surface area (Å²) in [5.41, 5.74) is 0. The Labute approximate surface area is 587 Å². The molecular formula is C86H146N10. The van der Waals surface area contributed by atoms with Gasteiger partial charge in [-0.15, -0.1) is 0 Å². The van der Waals surface area contributed by atoms with E-state index in [9.17, 15) is 0 Å². The van der Waals surface area contributed by atoms with Crippen molar-refractivity contribution in [2.75, 3.05) is 78.5 Å². The van der Waals surface area contributed by atoms with Gasteiger partial charge >= 0.3 is 0 Å². The molecule has 19 aliphatic rings. The number of fused-ring (bicyclic) bond motifs is 11. The van der Waals surface area contributed by atoms with Crippen molar-refractivity contribution in [3.8, 4) is 0 Å². The zero-order chi connectivity index (χ0) is 63.2. The van der Waals surface area contributed by atoms with Gasteiger partial charge in [0, 0.05) is 60.4 Å². The highest BCUT2D eigenvalue weighted by molar-refractivity contribution is 5.18. The maximum atomic E-state index is 4.15. The molecule has 10 nitrogen and oxygen atoms in total. The number of nitrogens with one attached hydrogen (secondary N) is 8. The minimum atomic E-state index is 0.793. The van der Waals surface area contributed by atoms with Crippen molar-refractivity contribution in [1.82, 2.24) is 52.3 Å². The lowest BCUT2D eigenvalue weighted by Gasteiger charge is -2.53. The molecule has 0 radical (unpaired) electrons. The first kappa shape index (κ1) is 66.3. The molecule has 9 aliphatic carbocycles. The fourth-order valence-electron chi connectivity index (χ4n) is 32.5. The molecular weight excluding hydrogens is 1170 g/mol. The van der Waals surface area contributed by atoms with Gasteiger partial charge < -0.3 is 42.5 Å². The minimum Gasteiger partial charge on any atom is -0.316 e. The number of hydrogen-bond acceptors (Lipinski definition) is 10. The molecule has 540 valence electrons. The summed E-state index contributed by atoms with van der Waals surface area (Å²) in [6.45, 7) is 15.3. The van der Waals surface area contributed by atoms with Crippen molar-refractivity contribution in [2.45, 2.75) is 317 Å². The van der Waals surface area contributed by atoms with E-state index in [1.165, 1.54) is 207 Å². The molecule has 0 spiro atoms. The molecule has 24 atom stereocenters. The van der Waals surface area contributed by atoms with Crippen molar-refractivity contribution in [2.24, 2.45) is 142 Å².